The number of anilines is 5. The molecule has 1 heterocycles. The highest BCUT2D eigenvalue weighted by Crippen LogP contribution is 2.39. The summed E-state index contributed by atoms with van der Waals surface area (Å²) in [5.41, 5.74) is 1.79. The van der Waals surface area contributed by atoms with Crippen LogP contribution in [0.5, 0.6) is 5.75 Å². The smallest absolute Gasteiger partial charge is 0.249 e. The predicted molar refractivity (Wildman–Crippen MR) is 136 cm³/mol. The second kappa shape index (κ2) is 10.9. The highest BCUT2D eigenvalue weighted by Gasteiger charge is 2.18. The normalized spacial score (nSPS) is 11.4. The van der Waals surface area contributed by atoms with Crippen LogP contribution in [0, 0.1) is 5.82 Å². The molecule has 3 aromatic rings. The second-order valence-electron chi connectivity index (χ2n) is 7.32. The SMILES string of the molecule is COc1cc(F)c(NC(=O)C=CCl)cc1Nc1ncc(Cl)c(Nc2ccccc2P(C)(C)=O)n1. The molecule has 0 saturated carbocycles. The van der Waals surface area contributed by atoms with Crippen molar-refractivity contribution in [1.29, 1.82) is 0 Å². The van der Waals surface area contributed by atoms with Crippen LogP contribution in [-0.4, -0.2) is 36.3 Å². The number of aromatic nitrogens is 2. The van der Waals surface area contributed by atoms with E-state index in [4.69, 9.17) is 27.9 Å². The lowest BCUT2D eigenvalue weighted by molar-refractivity contribution is -0.111. The number of nitrogens with zero attached hydrogens (tertiary/aromatic N) is 2. The van der Waals surface area contributed by atoms with Gasteiger partial charge in [0.25, 0.3) is 0 Å². The summed E-state index contributed by atoms with van der Waals surface area (Å²) in [6, 6.07) is 9.58. The van der Waals surface area contributed by atoms with Gasteiger partial charge in [-0.2, -0.15) is 4.98 Å². The molecule has 0 saturated heterocycles. The number of hydrogen-bond acceptors (Lipinski definition) is 7. The first-order valence-corrected chi connectivity index (χ1v) is 13.2. The molecule has 8 nitrogen and oxygen atoms in total. The maximum absolute atomic E-state index is 14.4. The summed E-state index contributed by atoms with van der Waals surface area (Å²) in [5, 5.41) is 9.29. The van der Waals surface area contributed by atoms with Crippen LogP contribution in [0.25, 0.3) is 0 Å². The Morgan fingerprint density at radius 3 is 2.56 bits per heavy atom. The predicted octanol–water partition coefficient (Wildman–Crippen LogP) is 5.70. The molecular weight excluding hydrogens is 503 g/mol. The molecule has 1 aromatic heterocycles. The maximum Gasteiger partial charge on any atom is 0.249 e. The Hall–Kier alpha value is -3.13. The van der Waals surface area contributed by atoms with Gasteiger partial charge in [-0.05, 0) is 31.5 Å². The molecule has 0 radical (unpaired) electrons. The molecule has 0 aliphatic heterocycles. The standard InChI is InChI=1S/C22H21Cl2FN5O3P/c1-33-18-10-14(25)16(27-20(31)8-9-23)11-17(18)29-22-26-12-13(24)21(30-22)28-15-6-4-5-7-19(15)34(2,3)32/h4-12H,1-3H3,(H,27,31)(H2,26,28,29,30). The van der Waals surface area contributed by atoms with Gasteiger partial charge in [0.1, 0.15) is 17.9 Å². The Balaban J connectivity index is 1.94. The summed E-state index contributed by atoms with van der Waals surface area (Å²) in [6.45, 7) is 3.34. The van der Waals surface area contributed by atoms with Crippen LogP contribution in [0.4, 0.5) is 33.2 Å². The fraction of sp³-hybridized carbons (Fsp3) is 0.136. The zero-order valence-corrected chi connectivity index (χ0v) is 20.8. The van der Waals surface area contributed by atoms with Gasteiger partial charge in [-0.1, -0.05) is 35.3 Å². The summed E-state index contributed by atoms with van der Waals surface area (Å²) >= 11 is 11.7. The Bertz CT molecular complexity index is 1300. The third kappa shape index (κ3) is 6.26. The van der Waals surface area contributed by atoms with Crippen LogP contribution in [0.3, 0.4) is 0 Å². The lowest BCUT2D eigenvalue weighted by Gasteiger charge is -2.16. The van der Waals surface area contributed by atoms with Crippen molar-refractivity contribution in [3.63, 3.8) is 0 Å². The van der Waals surface area contributed by atoms with E-state index < -0.39 is 18.9 Å². The summed E-state index contributed by atoms with van der Waals surface area (Å²) in [5.74, 6) is -0.787. The van der Waals surface area contributed by atoms with Crippen LogP contribution in [0.15, 0.2) is 54.2 Å². The minimum absolute atomic E-state index is 0.106. The molecule has 3 N–H and O–H groups in total. The molecule has 178 valence electrons. The second-order valence-corrected chi connectivity index (χ2v) is 11.2. The molecule has 0 aliphatic rings. The number of amides is 1. The van der Waals surface area contributed by atoms with Crippen LogP contribution >= 0.6 is 30.3 Å². The van der Waals surface area contributed by atoms with E-state index in [-0.39, 0.29) is 33.9 Å². The third-order valence-electron chi connectivity index (χ3n) is 4.49. The Morgan fingerprint density at radius 2 is 1.88 bits per heavy atom. The fourth-order valence-corrected chi connectivity index (χ4v) is 4.37. The quantitative estimate of drug-likeness (QED) is 0.256. The van der Waals surface area contributed by atoms with E-state index in [1.165, 1.54) is 19.4 Å². The summed E-state index contributed by atoms with van der Waals surface area (Å²) < 4.78 is 32.3. The van der Waals surface area contributed by atoms with Crippen LogP contribution in [-0.2, 0) is 9.36 Å². The summed E-state index contributed by atoms with van der Waals surface area (Å²) in [7, 11) is -1.21. The van der Waals surface area contributed by atoms with Gasteiger partial charge in [0.05, 0.1) is 30.4 Å². The van der Waals surface area contributed by atoms with E-state index in [1.807, 2.05) is 0 Å². The van der Waals surface area contributed by atoms with Gasteiger partial charge in [-0.25, -0.2) is 9.37 Å². The molecule has 34 heavy (non-hydrogen) atoms. The summed E-state index contributed by atoms with van der Waals surface area (Å²) in [6.07, 6.45) is 2.42. The van der Waals surface area contributed by atoms with Crippen LogP contribution in [0.1, 0.15) is 0 Å². The zero-order valence-electron chi connectivity index (χ0n) is 18.4. The number of para-hydroxylation sites is 1. The topological polar surface area (TPSA) is 105 Å². The largest absolute Gasteiger partial charge is 0.494 e. The average Bonchev–Trinajstić information content (AvgIpc) is 2.78. The van der Waals surface area contributed by atoms with Crippen molar-refractivity contribution >= 4 is 70.4 Å². The van der Waals surface area contributed by atoms with Crippen molar-refractivity contribution in [2.24, 2.45) is 0 Å². The highest BCUT2D eigenvalue weighted by atomic mass is 35.5. The molecule has 0 aliphatic carbocycles. The van der Waals surface area contributed by atoms with Crippen molar-refractivity contribution in [3.05, 3.63) is 65.0 Å². The zero-order chi connectivity index (χ0) is 24.9. The molecule has 0 bridgehead atoms. The Labute approximate surface area is 205 Å². The molecule has 0 fully saturated rings. The number of nitrogens with one attached hydrogen (secondary N) is 3. The molecule has 3 rings (SSSR count). The number of hydrogen-bond donors (Lipinski definition) is 3. The fourth-order valence-electron chi connectivity index (χ4n) is 2.96. The Kier molecular flexibility index (Phi) is 8.15. The first-order chi connectivity index (χ1) is 16.1. The maximum atomic E-state index is 14.4. The van der Waals surface area contributed by atoms with E-state index in [0.717, 1.165) is 17.7 Å². The number of carbonyl (C=O) groups is 1. The van der Waals surface area contributed by atoms with Crippen molar-refractivity contribution in [2.45, 2.75) is 0 Å². The first-order valence-electron chi connectivity index (χ1n) is 9.79. The van der Waals surface area contributed by atoms with E-state index in [1.54, 1.807) is 37.6 Å². The molecule has 12 heteroatoms. The van der Waals surface area contributed by atoms with Crippen molar-refractivity contribution in [3.8, 4) is 5.75 Å². The van der Waals surface area contributed by atoms with Gasteiger partial charge in [0.2, 0.25) is 11.9 Å². The van der Waals surface area contributed by atoms with Crippen molar-refractivity contribution in [2.75, 3.05) is 36.4 Å². The minimum Gasteiger partial charge on any atom is -0.494 e. The number of halogens is 3. The van der Waals surface area contributed by atoms with E-state index in [2.05, 4.69) is 25.9 Å². The van der Waals surface area contributed by atoms with E-state index in [9.17, 15) is 13.8 Å². The first kappa shape index (κ1) is 25.5. The molecule has 1 amide bonds. The van der Waals surface area contributed by atoms with Gasteiger partial charge in [0.15, 0.2) is 11.6 Å². The highest BCUT2D eigenvalue weighted by molar-refractivity contribution is 7.70. The lowest BCUT2D eigenvalue weighted by atomic mass is 10.2. The van der Waals surface area contributed by atoms with Crippen molar-refractivity contribution < 1.29 is 18.5 Å². The molecule has 2 aromatic carbocycles. The van der Waals surface area contributed by atoms with Crippen LogP contribution in [0.2, 0.25) is 5.02 Å². The van der Waals surface area contributed by atoms with Crippen LogP contribution < -0.4 is 26.0 Å². The average molecular weight is 524 g/mol. The third-order valence-corrected chi connectivity index (χ3v) is 6.44. The van der Waals surface area contributed by atoms with Gasteiger partial charge in [-0.15, -0.1) is 0 Å². The van der Waals surface area contributed by atoms with Gasteiger partial charge >= 0.3 is 0 Å². The number of carbonyl (C=O) groups excluding carboxylic acids is 1. The van der Waals surface area contributed by atoms with Gasteiger partial charge in [-0.3, -0.25) is 4.79 Å². The lowest BCUT2D eigenvalue weighted by Crippen LogP contribution is -2.11. The van der Waals surface area contributed by atoms with Gasteiger partial charge < -0.3 is 25.3 Å². The molecular formula is C22H21Cl2FN5O3P. The number of ether oxygens (including phenoxy) is 1. The molecule has 0 spiro atoms. The number of benzene rings is 2. The molecule has 0 unspecified atom stereocenters. The Morgan fingerprint density at radius 1 is 1.15 bits per heavy atom. The minimum atomic E-state index is -2.58. The number of methoxy groups -OCH3 is 1. The monoisotopic (exact) mass is 523 g/mol. The van der Waals surface area contributed by atoms with E-state index in [0.29, 0.717) is 11.0 Å². The molecule has 0 atom stereocenters. The summed E-state index contributed by atoms with van der Waals surface area (Å²) in [4.78, 5) is 20.3. The number of rotatable bonds is 8. The van der Waals surface area contributed by atoms with Gasteiger partial charge in [0, 0.05) is 23.0 Å². The van der Waals surface area contributed by atoms with E-state index >= 15 is 0 Å². The van der Waals surface area contributed by atoms with Crippen molar-refractivity contribution in [1.82, 2.24) is 9.97 Å².